The predicted molar refractivity (Wildman–Crippen MR) is 201 cm³/mol. The molecule has 2 aromatic heterocycles. The summed E-state index contributed by atoms with van der Waals surface area (Å²) in [5.41, 5.74) is -6.25. The summed E-state index contributed by atoms with van der Waals surface area (Å²) >= 11 is 0.609. The summed E-state index contributed by atoms with van der Waals surface area (Å²) < 4.78 is 95.2. The van der Waals surface area contributed by atoms with E-state index in [-0.39, 0.29) is 76.2 Å². The Balaban J connectivity index is 1.40. The lowest BCUT2D eigenvalue weighted by molar-refractivity contribution is -0.137. The van der Waals surface area contributed by atoms with Crippen molar-refractivity contribution in [3.63, 3.8) is 0 Å². The van der Waals surface area contributed by atoms with Crippen molar-refractivity contribution in [3.05, 3.63) is 41.0 Å². The SMILES string of the molecule is CC1(O)COCCN(c2nc(OCC3(CN4CCCCC4)CC3)nc3c(F)c(-c4ccc(F)c5sc(NC(=O)OC(C)(C)C)c(C#N)c45)c(C(F)(F)F)cc23)C1. The van der Waals surface area contributed by atoms with Crippen LogP contribution >= 0.6 is 11.3 Å². The summed E-state index contributed by atoms with van der Waals surface area (Å²) in [6, 6.07) is 4.19. The molecule has 2 aliphatic heterocycles. The minimum absolute atomic E-state index is 0.0472. The van der Waals surface area contributed by atoms with Gasteiger partial charge in [0.05, 0.1) is 42.2 Å². The summed E-state index contributed by atoms with van der Waals surface area (Å²) in [6.45, 7) is 9.38. The van der Waals surface area contributed by atoms with Crippen molar-refractivity contribution in [2.45, 2.75) is 77.2 Å². The van der Waals surface area contributed by atoms with Gasteiger partial charge in [0.15, 0.2) is 5.82 Å². The molecular weight excluding hydrogens is 760 g/mol. The van der Waals surface area contributed by atoms with Gasteiger partial charge in [-0.05, 0) is 84.2 Å². The molecule has 3 fully saturated rings. The number of alkyl halides is 3. The molecule has 17 heteroatoms. The Morgan fingerprint density at radius 2 is 1.86 bits per heavy atom. The van der Waals surface area contributed by atoms with Crippen LogP contribution < -0.4 is 15.0 Å². The molecule has 4 aromatic rings. The molecule has 56 heavy (non-hydrogen) atoms. The highest BCUT2D eigenvalue weighted by molar-refractivity contribution is 7.23. The first-order valence-electron chi connectivity index (χ1n) is 18.5. The van der Waals surface area contributed by atoms with E-state index in [1.165, 1.54) is 18.2 Å². The number of ether oxygens (including phenoxy) is 3. The predicted octanol–water partition coefficient (Wildman–Crippen LogP) is 8.26. The molecule has 2 N–H and O–H groups in total. The Morgan fingerprint density at radius 1 is 1.12 bits per heavy atom. The summed E-state index contributed by atoms with van der Waals surface area (Å²) in [7, 11) is 0. The molecule has 0 spiro atoms. The molecule has 1 unspecified atom stereocenters. The fourth-order valence-electron chi connectivity index (χ4n) is 7.47. The van der Waals surface area contributed by atoms with E-state index < -0.39 is 57.3 Å². The van der Waals surface area contributed by atoms with Crippen LogP contribution in [-0.4, -0.2) is 89.8 Å². The Kier molecular flexibility index (Phi) is 10.6. The molecule has 2 saturated heterocycles. The molecule has 0 radical (unpaired) electrons. The van der Waals surface area contributed by atoms with E-state index in [2.05, 4.69) is 20.2 Å². The molecule has 1 amide bonds. The second-order valence-electron chi connectivity index (χ2n) is 16.3. The number of hydrogen-bond donors (Lipinski definition) is 2. The number of carbonyl (C=O) groups excluding carboxylic acids is 1. The fraction of sp³-hybridized carbons (Fsp3) is 0.538. The highest BCUT2D eigenvalue weighted by Gasteiger charge is 2.45. The third kappa shape index (κ3) is 8.34. The third-order valence-electron chi connectivity index (χ3n) is 10.2. The third-order valence-corrected chi connectivity index (χ3v) is 11.3. The molecule has 4 heterocycles. The van der Waals surface area contributed by atoms with E-state index in [0.29, 0.717) is 11.3 Å². The Labute approximate surface area is 324 Å². The average molecular weight is 803 g/mol. The first kappa shape index (κ1) is 39.8. The van der Waals surface area contributed by atoms with Crippen LogP contribution in [0.4, 0.5) is 37.6 Å². The summed E-state index contributed by atoms with van der Waals surface area (Å²) in [5, 5.41) is 22.9. The fourth-order valence-corrected chi connectivity index (χ4v) is 8.54. The van der Waals surface area contributed by atoms with Crippen LogP contribution in [0.5, 0.6) is 6.01 Å². The number of hydrogen-bond acceptors (Lipinski definition) is 11. The quantitative estimate of drug-likeness (QED) is 0.168. The van der Waals surface area contributed by atoms with Crippen molar-refractivity contribution in [2.24, 2.45) is 5.41 Å². The van der Waals surface area contributed by atoms with Crippen LogP contribution in [0.2, 0.25) is 0 Å². The van der Waals surface area contributed by atoms with E-state index in [1.807, 2.05) is 6.07 Å². The van der Waals surface area contributed by atoms with Crippen LogP contribution in [0.1, 0.15) is 70.9 Å². The van der Waals surface area contributed by atoms with Gasteiger partial charge in [-0.1, -0.05) is 12.5 Å². The number of halogens is 5. The number of aliphatic hydroxyl groups is 1. The van der Waals surface area contributed by atoms with Gasteiger partial charge >= 0.3 is 18.3 Å². The molecule has 3 aliphatic rings. The van der Waals surface area contributed by atoms with Gasteiger partial charge in [-0.25, -0.2) is 13.6 Å². The molecule has 2 aromatic carbocycles. The van der Waals surface area contributed by atoms with Crippen LogP contribution in [0.3, 0.4) is 0 Å². The average Bonchev–Trinajstić information content (AvgIpc) is 3.82. The largest absolute Gasteiger partial charge is 0.463 e. The van der Waals surface area contributed by atoms with Gasteiger partial charge in [0.2, 0.25) is 0 Å². The van der Waals surface area contributed by atoms with E-state index in [0.717, 1.165) is 63.5 Å². The second kappa shape index (κ2) is 14.9. The lowest BCUT2D eigenvalue weighted by Gasteiger charge is -2.31. The minimum Gasteiger partial charge on any atom is -0.463 e. The number of thiophene rings is 1. The number of benzene rings is 2. The normalized spacial score (nSPS) is 20.5. The monoisotopic (exact) mass is 802 g/mol. The first-order valence-corrected chi connectivity index (χ1v) is 19.4. The minimum atomic E-state index is -5.17. The van der Waals surface area contributed by atoms with Gasteiger partial charge < -0.3 is 29.1 Å². The number of anilines is 2. The zero-order valence-electron chi connectivity index (χ0n) is 31.5. The molecule has 1 atom stereocenters. The van der Waals surface area contributed by atoms with Crippen LogP contribution in [-0.2, 0) is 15.7 Å². The van der Waals surface area contributed by atoms with Crippen molar-refractivity contribution < 1.29 is 46.1 Å². The Bertz CT molecular complexity index is 2210. The Hall–Kier alpha value is -4.37. The smallest absolute Gasteiger partial charge is 0.417 e. The number of piperidine rings is 1. The standard InChI is InChI=1S/C39H43F5N6O5S/c1-36(2,3)55-35(51)48-33-24(17-45)27-22(8-9-26(40)31(27)56-33)28-25(39(42,43)44)16-23-30(29(28)41)46-34(47-32(23)50-14-15-53-20-37(4,52)18-50)54-21-38(10-11-38)19-49-12-6-5-7-13-49/h8-9,16,52H,5-7,10-15,18-21H2,1-4H3,(H,48,51). The first-order chi connectivity index (χ1) is 26.4. The lowest BCUT2D eigenvalue weighted by atomic mass is 9.92. The van der Waals surface area contributed by atoms with Gasteiger partial charge in [-0.15, -0.1) is 11.3 Å². The van der Waals surface area contributed by atoms with Gasteiger partial charge in [0.25, 0.3) is 0 Å². The number of nitrogens with zero attached hydrogens (tertiary/aromatic N) is 5. The van der Waals surface area contributed by atoms with Crippen molar-refractivity contribution in [2.75, 3.05) is 62.8 Å². The Morgan fingerprint density at radius 3 is 2.52 bits per heavy atom. The number of aromatic nitrogens is 2. The number of nitrogens with one attached hydrogen (secondary N) is 1. The molecule has 7 rings (SSSR count). The summed E-state index contributed by atoms with van der Waals surface area (Å²) in [5.74, 6) is -2.39. The van der Waals surface area contributed by atoms with E-state index in [9.17, 15) is 15.2 Å². The van der Waals surface area contributed by atoms with Crippen LogP contribution in [0.25, 0.3) is 32.1 Å². The van der Waals surface area contributed by atoms with Gasteiger partial charge in [0, 0.05) is 34.8 Å². The number of amides is 1. The second-order valence-corrected chi connectivity index (χ2v) is 17.3. The van der Waals surface area contributed by atoms with E-state index in [1.54, 1.807) is 20.8 Å². The van der Waals surface area contributed by atoms with Crippen molar-refractivity contribution in [1.82, 2.24) is 14.9 Å². The molecule has 0 bridgehead atoms. The number of carbonyl (C=O) groups is 1. The number of nitriles is 1. The zero-order valence-corrected chi connectivity index (χ0v) is 32.4. The number of β-amino-alcohol motifs (C(OH)–C–C–N with tert-alkyl or cyclic N) is 1. The maximum Gasteiger partial charge on any atom is 0.417 e. The lowest BCUT2D eigenvalue weighted by Crippen LogP contribution is -2.42. The molecule has 1 saturated carbocycles. The molecule has 11 nitrogen and oxygen atoms in total. The van der Waals surface area contributed by atoms with Crippen LogP contribution in [0, 0.1) is 28.4 Å². The highest BCUT2D eigenvalue weighted by Crippen LogP contribution is 2.50. The van der Waals surface area contributed by atoms with Crippen LogP contribution in [0.15, 0.2) is 18.2 Å². The number of fused-ring (bicyclic) bond motifs is 2. The molecule has 300 valence electrons. The van der Waals surface area contributed by atoms with Crippen molar-refractivity contribution in [1.29, 1.82) is 5.26 Å². The van der Waals surface area contributed by atoms with Gasteiger partial charge in [-0.3, -0.25) is 5.32 Å². The number of rotatable bonds is 8. The maximum atomic E-state index is 17.4. The van der Waals surface area contributed by atoms with E-state index in [4.69, 9.17) is 14.2 Å². The van der Waals surface area contributed by atoms with Gasteiger partial charge in [0.1, 0.15) is 39.4 Å². The topological polar surface area (TPSA) is 133 Å². The summed E-state index contributed by atoms with van der Waals surface area (Å²) in [4.78, 5) is 25.5. The zero-order chi connectivity index (χ0) is 40.2. The molecule has 1 aliphatic carbocycles. The van der Waals surface area contributed by atoms with Crippen molar-refractivity contribution in [3.8, 4) is 23.2 Å². The van der Waals surface area contributed by atoms with E-state index >= 15 is 22.0 Å². The molecular formula is C39H43F5N6O5S. The number of likely N-dealkylation sites (tertiary alicyclic amines) is 1. The highest BCUT2D eigenvalue weighted by atomic mass is 32.1. The maximum absolute atomic E-state index is 17.4. The van der Waals surface area contributed by atoms with Gasteiger partial charge in [-0.2, -0.15) is 28.4 Å². The van der Waals surface area contributed by atoms with Crippen molar-refractivity contribution >= 4 is 49.2 Å². The summed E-state index contributed by atoms with van der Waals surface area (Å²) in [6.07, 6.45) is -0.936.